The Labute approximate surface area is 114 Å². The molecule has 1 amide bonds. The Hall–Kier alpha value is -1.29. The van der Waals surface area contributed by atoms with E-state index in [4.69, 9.17) is 5.73 Å². The van der Waals surface area contributed by atoms with E-state index in [2.05, 4.69) is 11.5 Å². The van der Waals surface area contributed by atoms with Gasteiger partial charge in [0.05, 0.1) is 0 Å². The molecule has 4 heteroatoms. The number of nitrogens with zero attached hydrogens (tertiary/aromatic N) is 2. The first-order chi connectivity index (χ1) is 9.20. The summed E-state index contributed by atoms with van der Waals surface area (Å²) in [6.07, 6.45) is 6.66. The van der Waals surface area contributed by atoms with Crippen LogP contribution in [0.3, 0.4) is 0 Å². The van der Waals surface area contributed by atoms with Crippen molar-refractivity contribution >= 4 is 5.91 Å². The number of likely N-dealkylation sites (tertiary alicyclic amines) is 1. The largest absolute Gasteiger partial charge is 0.340 e. The summed E-state index contributed by atoms with van der Waals surface area (Å²) in [5, 5.41) is 0. The summed E-state index contributed by atoms with van der Waals surface area (Å²) in [5.41, 5.74) is 6.63. The number of carbonyl (C=O) groups is 1. The molecule has 4 nitrogen and oxygen atoms in total. The van der Waals surface area contributed by atoms with Gasteiger partial charge in [-0.05, 0) is 57.2 Å². The van der Waals surface area contributed by atoms with Crippen LogP contribution in [-0.4, -0.2) is 34.5 Å². The van der Waals surface area contributed by atoms with Gasteiger partial charge in [0.2, 0.25) is 0 Å². The van der Waals surface area contributed by atoms with Crippen LogP contribution >= 0.6 is 0 Å². The van der Waals surface area contributed by atoms with Crippen LogP contribution in [0.2, 0.25) is 0 Å². The van der Waals surface area contributed by atoms with Crippen molar-refractivity contribution in [1.82, 2.24) is 9.47 Å². The van der Waals surface area contributed by atoms with Gasteiger partial charge < -0.3 is 15.2 Å². The summed E-state index contributed by atoms with van der Waals surface area (Å²) in [7, 11) is 0. The first-order valence-electron chi connectivity index (χ1n) is 7.38. The quantitative estimate of drug-likeness (QED) is 0.905. The number of carbonyl (C=O) groups excluding carboxylic acids is 1. The van der Waals surface area contributed by atoms with Crippen molar-refractivity contribution in [1.29, 1.82) is 0 Å². The van der Waals surface area contributed by atoms with Gasteiger partial charge >= 0.3 is 0 Å². The second-order valence-corrected chi connectivity index (χ2v) is 6.02. The zero-order chi connectivity index (χ0) is 13.4. The molecule has 1 saturated carbocycles. The molecular weight excluding hydrogens is 238 g/mol. The normalized spacial score (nSPS) is 27.6. The third kappa shape index (κ3) is 2.41. The summed E-state index contributed by atoms with van der Waals surface area (Å²) in [4.78, 5) is 14.8. The Kier molecular flexibility index (Phi) is 3.35. The number of hydrogen-bond donors (Lipinski definition) is 1. The van der Waals surface area contributed by atoms with E-state index in [1.54, 1.807) is 0 Å². The van der Waals surface area contributed by atoms with Crippen molar-refractivity contribution < 1.29 is 4.79 Å². The maximum absolute atomic E-state index is 12.8. The first kappa shape index (κ1) is 12.7. The lowest BCUT2D eigenvalue weighted by molar-refractivity contribution is 0.0555. The monoisotopic (exact) mass is 261 g/mol. The molecule has 2 heterocycles. The molecule has 2 fully saturated rings. The van der Waals surface area contributed by atoms with E-state index in [0.717, 1.165) is 25.1 Å². The molecular formula is C15H23N3O. The lowest BCUT2D eigenvalue weighted by Crippen LogP contribution is -2.47. The van der Waals surface area contributed by atoms with Gasteiger partial charge in [-0.3, -0.25) is 4.79 Å². The van der Waals surface area contributed by atoms with Gasteiger partial charge in [0.15, 0.2) is 0 Å². The van der Waals surface area contributed by atoms with Gasteiger partial charge in [-0.1, -0.05) is 0 Å². The van der Waals surface area contributed by atoms with Gasteiger partial charge in [-0.15, -0.1) is 0 Å². The predicted molar refractivity (Wildman–Crippen MR) is 75.0 cm³/mol. The number of aromatic nitrogens is 1. The minimum absolute atomic E-state index is 0.183. The van der Waals surface area contributed by atoms with Gasteiger partial charge in [-0.2, -0.15) is 0 Å². The van der Waals surface area contributed by atoms with Crippen LogP contribution in [0, 0.1) is 5.92 Å². The summed E-state index contributed by atoms with van der Waals surface area (Å²) < 4.78 is 2.15. The van der Waals surface area contributed by atoms with Crippen molar-refractivity contribution in [2.75, 3.05) is 13.1 Å². The number of nitrogens with two attached hydrogens (primary N) is 1. The van der Waals surface area contributed by atoms with Crippen LogP contribution in [0.15, 0.2) is 18.3 Å². The number of hydrogen-bond acceptors (Lipinski definition) is 2. The molecule has 2 unspecified atom stereocenters. The molecule has 104 valence electrons. The Balaban J connectivity index is 1.79. The minimum atomic E-state index is 0.183. The fraction of sp³-hybridized carbons (Fsp3) is 0.667. The SMILES string of the molecule is CC1CCC(CN)CN1C(=O)c1cccn1C1CC1. The van der Waals surface area contributed by atoms with Gasteiger partial charge in [0.25, 0.3) is 5.91 Å². The number of rotatable bonds is 3. The summed E-state index contributed by atoms with van der Waals surface area (Å²) in [5.74, 6) is 0.645. The van der Waals surface area contributed by atoms with Crippen molar-refractivity contribution in [2.24, 2.45) is 11.7 Å². The lowest BCUT2D eigenvalue weighted by Gasteiger charge is -2.37. The molecule has 0 spiro atoms. The van der Waals surface area contributed by atoms with Crippen molar-refractivity contribution in [2.45, 2.75) is 44.7 Å². The van der Waals surface area contributed by atoms with E-state index < -0.39 is 0 Å². The molecule has 1 aliphatic heterocycles. The standard InChI is InChI=1S/C15H23N3O/c1-11-4-5-12(9-16)10-18(11)15(19)14-3-2-8-17(14)13-6-7-13/h2-3,8,11-13H,4-7,9-10,16H2,1H3. The van der Waals surface area contributed by atoms with Gasteiger partial charge in [0.1, 0.15) is 5.69 Å². The van der Waals surface area contributed by atoms with Crippen LogP contribution < -0.4 is 5.73 Å². The summed E-state index contributed by atoms with van der Waals surface area (Å²) >= 11 is 0. The van der Waals surface area contributed by atoms with E-state index in [-0.39, 0.29) is 5.91 Å². The van der Waals surface area contributed by atoms with Crippen molar-refractivity contribution in [3.05, 3.63) is 24.0 Å². The van der Waals surface area contributed by atoms with Gasteiger partial charge in [-0.25, -0.2) is 0 Å². The molecule has 2 aliphatic rings. The molecule has 2 atom stereocenters. The highest BCUT2D eigenvalue weighted by molar-refractivity contribution is 5.93. The zero-order valence-electron chi connectivity index (χ0n) is 11.6. The molecule has 3 rings (SSSR count). The molecule has 1 aromatic heterocycles. The van der Waals surface area contributed by atoms with Crippen LogP contribution in [0.25, 0.3) is 0 Å². The summed E-state index contributed by atoms with van der Waals surface area (Å²) in [6.45, 7) is 3.64. The fourth-order valence-corrected chi connectivity index (χ4v) is 3.05. The molecule has 1 saturated heterocycles. The summed E-state index contributed by atoms with van der Waals surface area (Å²) in [6, 6.07) is 4.83. The Morgan fingerprint density at radius 2 is 2.16 bits per heavy atom. The smallest absolute Gasteiger partial charge is 0.270 e. The highest BCUT2D eigenvalue weighted by atomic mass is 16.2. The predicted octanol–water partition coefficient (Wildman–Crippen LogP) is 2.02. The van der Waals surface area contributed by atoms with Crippen molar-refractivity contribution in [3.8, 4) is 0 Å². The topological polar surface area (TPSA) is 51.3 Å². The Morgan fingerprint density at radius 3 is 2.84 bits per heavy atom. The number of piperidine rings is 1. The average molecular weight is 261 g/mol. The first-order valence-corrected chi connectivity index (χ1v) is 7.38. The third-order valence-corrected chi connectivity index (χ3v) is 4.51. The van der Waals surface area contributed by atoms with E-state index in [0.29, 0.717) is 24.5 Å². The molecule has 0 aromatic carbocycles. The van der Waals surface area contributed by atoms with E-state index in [1.165, 1.54) is 12.8 Å². The molecule has 0 bridgehead atoms. The Morgan fingerprint density at radius 1 is 1.37 bits per heavy atom. The van der Waals surface area contributed by atoms with E-state index in [1.807, 2.05) is 23.2 Å². The van der Waals surface area contributed by atoms with E-state index in [9.17, 15) is 4.79 Å². The van der Waals surface area contributed by atoms with Crippen molar-refractivity contribution in [3.63, 3.8) is 0 Å². The maximum atomic E-state index is 12.8. The Bertz CT molecular complexity index is 464. The second kappa shape index (κ2) is 5.00. The minimum Gasteiger partial charge on any atom is -0.340 e. The van der Waals surface area contributed by atoms with E-state index >= 15 is 0 Å². The maximum Gasteiger partial charge on any atom is 0.270 e. The van der Waals surface area contributed by atoms with Crippen LogP contribution in [0.1, 0.15) is 49.1 Å². The highest BCUT2D eigenvalue weighted by Gasteiger charge is 2.32. The zero-order valence-corrected chi connectivity index (χ0v) is 11.6. The fourth-order valence-electron chi connectivity index (χ4n) is 3.05. The number of amides is 1. The molecule has 0 radical (unpaired) electrons. The average Bonchev–Trinajstić information content (AvgIpc) is 3.16. The molecule has 1 aliphatic carbocycles. The molecule has 2 N–H and O–H groups in total. The lowest BCUT2D eigenvalue weighted by atomic mass is 9.93. The highest BCUT2D eigenvalue weighted by Crippen LogP contribution is 2.36. The van der Waals surface area contributed by atoms with Crippen LogP contribution in [0.5, 0.6) is 0 Å². The third-order valence-electron chi connectivity index (χ3n) is 4.51. The molecule has 1 aromatic rings. The van der Waals surface area contributed by atoms with Crippen LogP contribution in [-0.2, 0) is 0 Å². The molecule has 19 heavy (non-hydrogen) atoms. The second-order valence-electron chi connectivity index (χ2n) is 6.02. The van der Waals surface area contributed by atoms with Crippen LogP contribution in [0.4, 0.5) is 0 Å². The van der Waals surface area contributed by atoms with Gasteiger partial charge in [0, 0.05) is 24.8 Å².